The molecule has 1 atom stereocenters. The van der Waals surface area contributed by atoms with Crippen molar-refractivity contribution in [1.82, 2.24) is 5.32 Å². The Bertz CT molecular complexity index is 120. The summed E-state index contributed by atoms with van der Waals surface area (Å²) in [7, 11) is 0. The molecule has 0 aliphatic carbocycles. The lowest BCUT2D eigenvalue weighted by Crippen LogP contribution is -2.34. The zero-order valence-corrected chi connectivity index (χ0v) is 4.77. The van der Waals surface area contributed by atoms with Gasteiger partial charge in [-0.2, -0.15) is 0 Å². The van der Waals surface area contributed by atoms with Crippen LogP contribution in [0.25, 0.3) is 0 Å². The van der Waals surface area contributed by atoms with Gasteiger partial charge < -0.3 is 10.4 Å². The molecule has 2 N–H and O–H groups in total. The number of nitrogens with one attached hydrogen (secondary N) is 1. The quantitative estimate of drug-likeness (QED) is 0.436. The van der Waals surface area contributed by atoms with Gasteiger partial charge in [-0.1, -0.05) is 0 Å². The number of rotatable bonds is 0. The summed E-state index contributed by atoms with van der Waals surface area (Å²) in [5.41, 5.74) is -1.10. The van der Waals surface area contributed by atoms with E-state index in [1.54, 1.807) is 0 Å². The van der Waals surface area contributed by atoms with E-state index in [1.165, 1.54) is 6.92 Å². The van der Waals surface area contributed by atoms with Crippen LogP contribution in [0.1, 0.15) is 13.3 Å². The molecular formula is C5H9NO2. The molecule has 1 heterocycles. The fraction of sp³-hybridized carbons (Fsp3) is 0.800. The van der Waals surface area contributed by atoms with Crippen LogP contribution in [-0.4, -0.2) is 23.2 Å². The minimum absolute atomic E-state index is 0.252. The Morgan fingerprint density at radius 2 is 2.50 bits per heavy atom. The fourth-order valence-corrected chi connectivity index (χ4v) is 0.723. The second-order valence-corrected chi connectivity index (χ2v) is 2.28. The van der Waals surface area contributed by atoms with Gasteiger partial charge in [0.25, 0.3) is 5.91 Å². The Morgan fingerprint density at radius 3 is 2.62 bits per heavy atom. The molecule has 3 nitrogen and oxygen atoms in total. The van der Waals surface area contributed by atoms with Crippen molar-refractivity contribution in [1.29, 1.82) is 0 Å². The van der Waals surface area contributed by atoms with Gasteiger partial charge in [-0.15, -0.1) is 0 Å². The highest BCUT2D eigenvalue weighted by Crippen LogP contribution is 2.12. The molecule has 0 aromatic rings. The summed E-state index contributed by atoms with van der Waals surface area (Å²) >= 11 is 0. The normalized spacial score (nSPS) is 37.5. The molecule has 0 radical (unpaired) electrons. The Kier molecular flexibility index (Phi) is 1.01. The van der Waals surface area contributed by atoms with E-state index in [0.717, 1.165) is 0 Å². The SMILES string of the molecule is C[C@]1(O)CCNC1=O. The number of carbonyl (C=O) groups is 1. The number of aliphatic hydroxyl groups is 1. The Morgan fingerprint density at radius 1 is 1.88 bits per heavy atom. The third-order valence-corrected chi connectivity index (χ3v) is 1.39. The molecule has 0 unspecified atom stereocenters. The largest absolute Gasteiger partial charge is 0.380 e. The number of amides is 1. The summed E-state index contributed by atoms with van der Waals surface area (Å²) in [5, 5.41) is 11.6. The van der Waals surface area contributed by atoms with Crippen LogP contribution in [0.5, 0.6) is 0 Å². The predicted molar refractivity (Wildman–Crippen MR) is 28.3 cm³/mol. The average Bonchev–Trinajstić information content (AvgIpc) is 1.86. The highest BCUT2D eigenvalue weighted by molar-refractivity contribution is 5.86. The van der Waals surface area contributed by atoms with Gasteiger partial charge >= 0.3 is 0 Å². The van der Waals surface area contributed by atoms with Crippen molar-refractivity contribution in [3.63, 3.8) is 0 Å². The smallest absolute Gasteiger partial charge is 0.251 e. The minimum Gasteiger partial charge on any atom is -0.380 e. The molecule has 1 amide bonds. The first-order chi connectivity index (χ1) is 3.63. The summed E-state index contributed by atoms with van der Waals surface area (Å²) in [6.45, 7) is 2.13. The Balaban J connectivity index is 2.68. The summed E-state index contributed by atoms with van der Waals surface area (Å²) in [6.07, 6.45) is 0.534. The molecule has 0 spiro atoms. The molecule has 1 rings (SSSR count). The van der Waals surface area contributed by atoms with Crippen molar-refractivity contribution in [3.05, 3.63) is 0 Å². The maximum atomic E-state index is 10.5. The van der Waals surface area contributed by atoms with Crippen molar-refractivity contribution in [2.45, 2.75) is 18.9 Å². The lowest BCUT2D eigenvalue weighted by atomic mass is 10.1. The van der Waals surface area contributed by atoms with Crippen LogP contribution in [0.4, 0.5) is 0 Å². The summed E-state index contributed by atoms with van der Waals surface area (Å²) in [4.78, 5) is 10.5. The zero-order chi connectivity index (χ0) is 6.20. The van der Waals surface area contributed by atoms with Gasteiger partial charge in [-0.3, -0.25) is 4.79 Å². The van der Waals surface area contributed by atoms with E-state index >= 15 is 0 Å². The zero-order valence-electron chi connectivity index (χ0n) is 4.77. The lowest BCUT2D eigenvalue weighted by molar-refractivity contribution is -0.133. The number of hydrogen-bond acceptors (Lipinski definition) is 2. The topological polar surface area (TPSA) is 49.3 Å². The van der Waals surface area contributed by atoms with E-state index in [4.69, 9.17) is 5.11 Å². The van der Waals surface area contributed by atoms with E-state index in [0.29, 0.717) is 13.0 Å². The molecule has 1 saturated heterocycles. The van der Waals surface area contributed by atoms with Crippen molar-refractivity contribution in [2.75, 3.05) is 6.54 Å². The van der Waals surface area contributed by atoms with Crippen LogP contribution >= 0.6 is 0 Å². The third-order valence-electron chi connectivity index (χ3n) is 1.39. The molecule has 0 aromatic heterocycles. The van der Waals surface area contributed by atoms with E-state index in [2.05, 4.69) is 5.32 Å². The standard InChI is InChI=1S/C5H9NO2/c1-5(8)2-3-6-4(5)7/h8H,2-3H2,1H3,(H,6,7)/t5-/m0/s1. The van der Waals surface area contributed by atoms with Crippen LogP contribution in [0, 0.1) is 0 Å². The molecule has 1 aliphatic heterocycles. The summed E-state index contributed by atoms with van der Waals surface area (Å²) in [6, 6.07) is 0. The van der Waals surface area contributed by atoms with Gasteiger partial charge in [0.15, 0.2) is 0 Å². The molecular weight excluding hydrogens is 106 g/mol. The van der Waals surface area contributed by atoms with Gasteiger partial charge in [-0.25, -0.2) is 0 Å². The minimum atomic E-state index is -1.10. The molecule has 0 bridgehead atoms. The van der Waals surface area contributed by atoms with Crippen LogP contribution in [0.3, 0.4) is 0 Å². The molecule has 3 heteroatoms. The maximum Gasteiger partial charge on any atom is 0.251 e. The monoisotopic (exact) mass is 115 g/mol. The second kappa shape index (κ2) is 1.45. The van der Waals surface area contributed by atoms with Crippen molar-refractivity contribution in [2.24, 2.45) is 0 Å². The van der Waals surface area contributed by atoms with Crippen LogP contribution in [0.2, 0.25) is 0 Å². The number of carbonyl (C=O) groups excluding carboxylic acids is 1. The van der Waals surface area contributed by atoms with Crippen molar-refractivity contribution < 1.29 is 9.90 Å². The van der Waals surface area contributed by atoms with Gasteiger partial charge in [0.05, 0.1) is 0 Å². The molecule has 8 heavy (non-hydrogen) atoms. The van der Waals surface area contributed by atoms with Gasteiger partial charge in [-0.05, 0) is 6.92 Å². The van der Waals surface area contributed by atoms with E-state index in [1.807, 2.05) is 0 Å². The molecule has 1 aliphatic rings. The van der Waals surface area contributed by atoms with E-state index < -0.39 is 5.60 Å². The Labute approximate surface area is 47.7 Å². The molecule has 0 saturated carbocycles. The summed E-state index contributed by atoms with van der Waals surface area (Å²) < 4.78 is 0. The fourth-order valence-electron chi connectivity index (χ4n) is 0.723. The molecule has 46 valence electrons. The van der Waals surface area contributed by atoms with Crippen molar-refractivity contribution in [3.8, 4) is 0 Å². The second-order valence-electron chi connectivity index (χ2n) is 2.28. The van der Waals surface area contributed by atoms with Crippen LogP contribution in [-0.2, 0) is 4.79 Å². The first-order valence-electron chi connectivity index (χ1n) is 2.63. The van der Waals surface area contributed by atoms with Crippen molar-refractivity contribution >= 4 is 5.91 Å². The lowest BCUT2D eigenvalue weighted by Gasteiger charge is -2.09. The first kappa shape index (κ1) is 5.56. The highest BCUT2D eigenvalue weighted by atomic mass is 16.3. The molecule has 1 fully saturated rings. The average molecular weight is 115 g/mol. The van der Waals surface area contributed by atoms with E-state index in [9.17, 15) is 4.79 Å². The first-order valence-corrected chi connectivity index (χ1v) is 2.63. The number of hydrogen-bond donors (Lipinski definition) is 2. The predicted octanol–water partition coefficient (Wildman–Crippen LogP) is -0.743. The highest BCUT2D eigenvalue weighted by Gasteiger charge is 2.34. The van der Waals surface area contributed by atoms with Crippen LogP contribution in [0.15, 0.2) is 0 Å². The van der Waals surface area contributed by atoms with Gasteiger partial charge in [0.2, 0.25) is 0 Å². The third kappa shape index (κ3) is 0.690. The van der Waals surface area contributed by atoms with Crippen LogP contribution < -0.4 is 5.32 Å². The van der Waals surface area contributed by atoms with Gasteiger partial charge in [0, 0.05) is 13.0 Å². The Hall–Kier alpha value is -0.570. The van der Waals surface area contributed by atoms with Gasteiger partial charge in [0.1, 0.15) is 5.60 Å². The van der Waals surface area contributed by atoms with E-state index in [-0.39, 0.29) is 5.91 Å². The summed E-state index contributed by atoms with van der Waals surface area (Å²) in [5.74, 6) is -0.252. The molecule has 0 aromatic carbocycles. The maximum absolute atomic E-state index is 10.5.